The fraction of sp³-hybridized carbons (Fsp3) is 0.355. The van der Waals surface area contributed by atoms with Gasteiger partial charge in [-0.05, 0) is 49.3 Å². The van der Waals surface area contributed by atoms with Gasteiger partial charge in [0.1, 0.15) is 33.4 Å². The first-order valence-electron chi connectivity index (χ1n) is 13.9. The number of aromatic hydroxyl groups is 1. The number of aliphatic hydroxyl groups excluding tert-OH is 3. The summed E-state index contributed by atoms with van der Waals surface area (Å²) in [5.41, 5.74) is 1.35. The predicted molar refractivity (Wildman–Crippen MR) is 174 cm³/mol. The molecule has 46 heavy (non-hydrogen) atoms. The van der Waals surface area contributed by atoms with E-state index in [1.54, 1.807) is 31.2 Å². The molecule has 0 spiro atoms. The molecular weight excluding hydrogens is 734 g/mol. The number of alkyl halides is 1. The molecule has 5 unspecified atom stereocenters. The van der Waals surface area contributed by atoms with Crippen LogP contribution in [-0.2, 0) is 19.2 Å². The number of rotatable bonds is 6. The van der Waals surface area contributed by atoms with E-state index in [1.165, 1.54) is 38.2 Å². The topological polar surface area (TPSA) is 220 Å². The van der Waals surface area contributed by atoms with Crippen LogP contribution in [-0.4, -0.2) is 92.8 Å². The van der Waals surface area contributed by atoms with Crippen molar-refractivity contribution in [2.24, 2.45) is 17.6 Å². The molecule has 13 nitrogen and oxygen atoms in total. The molecule has 0 aromatic heterocycles. The fourth-order valence-electron chi connectivity index (χ4n) is 6.84. The third-order valence-electron chi connectivity index (χ3n) is 9.03. The number of halogens is 2. The lowest BCUT2D eigenvalue weighted by atomic mass is 9.54. The van der Waals surface area contributed by atoms with Crippen LogP contribution in [0.2, 0.25) is 0 Å². The lowest BCUT2D eigenvalue weighted by molar-refractivity contribution is -0.169. The number of nitrogens with zero attached hydrogens (tertiary/aromatic N) is 1. The smallest absolute Gasteiger partial charge is 0.255 e. The number of fused-ring (bicyclic) bond motifs is 3. The second-order valence-electron chi connectivity index (χ2n) is 11.6. The maximum atomic E-state index is 14.1. The number of aliphatic hydroxyl groups is 4. The zero-order valence-corrected chi connectivity index (χ0v) is 28.3. The van der Waals surface area contributed by atoms with E-state index in [1.807, 2.05) is 0 Å². The van der Waals surface area contributed by atoms with Crippen molar-refractivity contribution >= 4 is 67.7 Å². The minimum atomic E-state index is -3.02. The summed E-state index contributed by atoms with van der Waals surface area (Å²) in [7, 11) is 4.38. The number of phenols is 1. The molecule has 0 heterocycles. The van der Waals surface area contributed by atoms with E-state index < -0.39 is 92.1 Å². The van der Waals surface area contributed by atoms with Crippen LogP contribution in [0.1, 0.15) is 34.4 Å². The standard InChI is InChI=1S/C31H32BrN3O10.BrH/c1-11-14-9-10-15(34-30(43)21(32)12-5-7-13(45-4)8-6-12)23(36)17(14)24(37)18-16(11)25(38)20-22(35(2)3)26(39)19(29(33)42)28(41)31(20,44)27(18)40;/h5-11,16,20-22,25,36-38,41,44H,1-4H3,(H2,33,42)(H,34,43);1H/t11?,16?,20?,21?,22-,25?,31-;/m0./s1. The summed E-state index contributed by atoms with van der Waals surface area (Å²) in [6, 6.07) is 8.16. The molecule has 0 radical (unpaired) electrons. The predicted octanol–water partition coefficient (Wildman–Crippen LogP) is 2.16. The molecule has 8 N–H and O–H groups in total. The van der Waals surface area contributed by atoms with Gasteiger partial charge >= 0.3 is 0 Å². The normalized spacial score (nSPS) is 27.7. The number of ether oxygens (including phenoxy) is 1. The molecule has 1 saturated carbocycles. The molecular formula is C31H33Br2N3O10. The Morgan fingerprint density at radius 3 is 2.24 bits per heavy atom. The average molecular weight is 767 g/mol. The highest BCUT2D eigenvalue weighted by Gasteiger charge is 2.68. The number of nitrogens with one attached hydrogen (secondary N) is 1. The van der Waals surface area contributed by atoms with E-state index in [2.05, 4.69) is 21.2 Å². The van der Waals surface area contributed by atoms with Crippen molar-refractivity contribution in [2.45, 2.75) is 35.4 Å². The summed E-state index contributed by atoms with van der Waals surface area (Å²) < 4.78 is 5.14. The zero-order valence-electron chi connectivity index (χ0n) is 25.0. The largest absolute Gasteiger partial charge is 0.508 e. The number of ketones is 2. The minimum Gasteiger partial charge on any atom is -0.508 e. The van der Waals surface area contributed by atoms with Crippen molar-refractivity contribution in [3.05, 3.63) is 70.0 Å². The number of benzene rings is 2. The molecule has 246 valence electrons. The quantitative estimate of drug-likeness (QED) is 0.128. The Morgan fingerprint density at radius 2 is 1.70 bits per heavy atom. The van der Waals surface area contributed by atoms with Crippen molar-refractivity contribution in [3.63, 3.8) is 0 Å². The number of phenolic OH excluding ortho intramolecular Hbond substituents is 1. The number of primary amides is 1. The number of carbonyl (C=O) groups is 4. The molecule has 0 aliphatic heterocycles. The first-order chi connectivity index (χ1) is 21.1. The number of hydrogen-bond acceptors (Lipinski definition) is 11. The van der Waals surface area contributed by atoms with Crippen LogP contribution in [0, 0.1) is 11.8 Å². The molecule has 15 heteroatoms. The van der Waals surface area contributed by atoms with Crippen LogP contribution in [0.3, 0.4) is 0 Å². The Hall–Kier alpha value is -3.76. The van der Waals surface area contributed by atoms with Gasteiger partial charge in [-0.3, -0.25) is 24.1 Å². The van der Waals surface area contributed by atoms with E-state index in [-0.39, 0.29) is 28.2 Å². The van der Waals surface area contributed by atoms with Gasteiger partial charge in [0.05, 0.1) is 36.4 Å². The third-order valence-corrected chi connectivity index (χ3v) is 9.97. The van der Waals surface area contributed by atoms with Crippen molar-refractivity contribution in [2.75, 3.05) is 26.5 Å². The van der Waals surface area contributed by atoms with E-state index >= 15 is 0 Å². The molecule has 2 aromatic carbocycles. The minimum absolute atomic E-state index is 0. The van der Waals surface area contributed by atoms with Gasteiger partial charge in [-0.15, -0.1) is 17.0 Å². The van der Waals surface area contributed by atoms with Gasteiger partial charge in [0, 0.05) is 11.5 Å². The van der Waals surface area contributed by atoms with Gasteiger partial charge in [0.25, 0.3) is 5.91 Å². The Labute approximate surface area is 282 Å². The molecule has 3 aliphatic carbocycles. The van der Waals surface area contributed by atoms with Gasteiger partial charge in [-0.2, -0.15) is 0 Å². The highest BCUT2D eigenvalue weighted by atomic mass is 79.9. The van der Waals surface area contributed by atoms with Crippen molar-refractivity contribution < 1.29 is 49.4 Å². The van der Waals surface area contributed by atoms with Crippen molar-refractivity contribution in [3.8, 4) is 11.5 Å². The van der Waals surface area contributed by atoms with Crippen LogP contribution < -0.4 is 15.8 Å². The summed E-state index contributed by atoms with van der Waals surface area (Å²) >= 11 is 3.33. The molecule has 7 atom stereocenters. The third kappa shape index (κ3) is 5.01. The number of hydrogen-bond donors (Lipinski definition) is 7. The summed E-state index contributed by atoms with van der Waals surface area (Å²) in [5.74, 6) is -9.98. The van der Waals surface area contributed by atoms with Gasteiger partial charge in [0.2, 0.25) is 11.7 Å². The number of methoxy groups -OCH3 is 1. The van der Waals surface area contributed by atoms with Crippen LogP contribution in [0.25, 0.3) is 5.76 Å². The summed E-state index contributed by atoms with van der Waals surface area (Å²) in [6.45, 7) is 1.62. The van der Waals surface area contributed by atoms with Crippen LogP contribution >= 0.6 is 32.9 Å². The Morgan fingerprint density at radius 1 is 1.09 bits per heavy atom. The Bertz CT molecular complexity index is 1710. The first-order valence-corrected chi connectivity index (χ1v) is 14.8. The van der Waals surface area contributed by atoms with E-state index in [4.69, 9.17) is 10.5 Å². The Kier molecular flexibility index (Phi) is 9.50. The van der Waals surface area contributed by atoms with Gasteiger partial charge < -0.3 is 41.3 Å². The maximum absolute atomic E-state index is 14.1. The fourth-order valence-corrected chi connectivity index (χ4v) is 7.26. The van der Waals surface area contributed by atoms with E-state index in [9.17, 15) is 44.7 Å². The maximum Gasteiger partial charge on any atom is 0.255 e. The highest BCUT2D eigenvalue weighted by molar-refractivity contribution is 9.09. The second-order valence-corrected chi connectivity index (χ2v) is 12.5. The molecule has 2 amide bonds. The van der Waals surface area contributed by atoms with E-state index in [0.29, 0.717) is 16.9 Å². The van der Waals surface area contributed by atoms with Gasteiger partial charge in [0.15, 0.2) is 11.4 Å². The average Bonchev–Trinajstić information content (AvgIpc) is 2.99. The number of amides is 2. The van der Waals surface area contributed by atoms with Crippen molar-refractivity contribution in [1.29, 1.82) is 0 Å². The molecule has 5 rings (SSSR count). The highest BCUT2D eigenvalue weighted by Crippen LogP contribution is 2.56. The van der Waals surface area contributed by atoms with Crippen LogP contribution in [0.15, 0.2) is 53.3 Å². The number of nitrogens with two attached hydrogens (primary N) is 1. The van der Waals surface area contributed by atoms with E-state index in [0.717, 1.165) is 0 Å². The van der Waals surface area contributed by atoms with Crippen LogP contribution in [0.5, 0.6) is 11.5 Å². The Balaban J connectivity index is 0.00000480. The molecule has 2 aromatic rings. The number of Topliss-reactive ketones (excluding diaryl/α,β-unsaturated/α-hetero) is 2. The van der Waals surface area contributed by atoms with Crippen molar-refractivity contribution in [1.82, 2.24) is 4.90 Å². The van der Waals surface area contributed by atoms with Crippen LogP contribution in [0.4, 0.5) is 5.69 Å². The lowest BCUT2D eigenvalue weighted by Crippen LogP contribution is -2.70. The second kappa shape index (κ2) is 12.4. The first kappa shape index (κ1) is 35.1. The number of anilines is 1. The van der Waals surface area contributed by atoms with Gasteiger partial charge in [-0.25, -0.2) is 0 Å². The molecule has 0 bridgehead atoms. The zero-order chi connectivity index (χ0) is 33.3. The molecule has 0 saturated heterocycles. The molecule has 1 fully saturated rings. The number of carbonyl (C=O) groups excluding carboxylic acids is 4. The van der Waals surface area contributed by atoms with Gasteiger partial charge in [-0.1, -0.05) is 41.1 Å². The summed E-state index contributed by atoms with van der Waals surface area (Å²) in [4.78, 5) is 53.1. The summed E-state index contributed by atoms with van der Waals surface area (Å²) in [6.07, 6.45) is -1.71. The summed E-state index contributed by atoms with van der Waals surface area (Å²) in [5, 5.41) is 59.9. The molecule has 3 aliphatic rings. The lowest BCUT2D eigenvalue weighted by Gasteiger charge is -2.53. The monoisotopic (exact) mass is 765 g/mol. The number of likely N-dealkylation sites (N-methyl/N-ethyl adjacent to an activating group) is 1. The SMILES string of the molecule is Br.COc1ccc(C(Br)C(=O)Nc2ccc3c(c2O)C(O)=C2C(=O)[C@]4(O)C(O)=C(C(N)=O)C(=O)[C@@H](N(C)C)C4C(O)C2C3C)cc1.